The maximum Gasteiger partial charge on any atom is 0.415 e. The minimum atomic E-state index is -0.643. The molecule has 4 rings (SSSR count). The van der Waals surface area contributed by atoms with E-state index in [9.17, 15) is 29.8 Å². The third-order valence-corrected chi connectivity index (χ3v) is 7.37. The Morgan fingerprint density at radius 2 is 1.09 bits per heavy atom. The summed E-state index contributed by atoms with van der Waals surface area (Å²) in [5.41, 5.74) is 1.80. The number of benzene rings is 2. The zero-order chi connectivity index (χ0) is 41.1. The summed E-state index contributed by atoms with van der Waals surface area (Å²) in [6, 6.07) is 12.7. The normalized spacial score (nSPS) is 11.2. The first-order chi connectivity index (χ1) is 25.7. The molecule has 2 heterocycles. The molecule has 1 N–H and O–H groups in total. The molecule has 2 aromatic heterocycles. The third-order valence-electron chi connectivity index (χ3n) is 7.37. The van der Waals surface area contributed by atoms with Gasteiger partial charge < -0.3 is 19.3 Å². The molecule has 2 amide bonds. The molecule has 0 fully saturated rings. The number of hydrogen-bond acceptors (Lipinski definition) is 14. The molecule has 0 aliphatic carbocycles. The second-order valence-electron chi connectivity index (χ2n) is 14.2. The lowest BCUT2D eigenvalue weighted by atomic mass is 10.0. The van der Waals surface area contributed by atoms with Crippen LogP contribution in [0.1, 0.15) is 75.2 Å². The SMILES string of the molecule is CN(C(=O)OC(C)(C)C)c1cc(Cc2ccc(CO)cc2[N+](=O)[O-])ncn1.COCc1ccc(Cc2cc(N(C)C(=O)OC(C)(C)C)ncn2)c([N+](=O)[O-])c1. The van der Waals surface area contributed by atoms with Crippen molar-refractivity contribution in [3.05, 3.63) is 115 Å². The lowest BCUT2D eigenvalue weighted by molar-refractivity contribution is -0.385. The van der Waals surface area contributed by atoms with E-state index >= 15 is 0 Å². The highest BCUT2D eigenvalue weighted by molar-refractivity contribution is 5.86. The van der Waals surface area contributed by atoms with E-state index in [4.69, 9.17) is 19.3 Å². The van der Waals surface area contributed by atoms with Crippen molar-refractivity contribution < 1.29 is 38.8 Å². The van der Waals surface area contributed by atoms with Gasteiger partial charge in [-0.3, -0.25) is 30.0 Å². The molecule has 0 aliphatic rings. The van der Waals surface area contributed by atoms with Crippen LogP contribution >= 0.6 is 0 Å². The predicted molar refractivity (Wildman–Crippen MR) is 202 cm³/mol. The maximum absolute atomic E-state index is 12.2. The second kappa shape index (κ2) is 18.8. The molecule has 0 bridgehead atoms. The van der Waals surface area contributed by atoms with Gasteiger partial charge in [-0.05, 0) is 52.7 Å². The van der Waals surface area contributed by atoms with Crippen LogP contribution in [0.5, 0.6) is 0 Å². The number of hydrogen-bond donors (Lipinski definition) is 1. The summed E-state index contributed by atoms with van der Waals surface area (Å²) in [6.45, 7) is 10.6. The molecule has 4 aromatic rings. The summed E-state index contributed by atoms with van der Waals surface area (Å²) in [6.07, 6.45) is 1.90. The topological polar surface area (TPSA) is 226 Å². The molecule has 2 aromatic carbocycles. The molecule has 0 saturated carbocycles. The molecule has 0 aliphatic heterocycles. The zero-order valence-electron chi connectivity index (χ0n) is 32.3. The summed E-state index contributed by atoms with van der Waals surface area (Å²) < 4.78 is 15.7. The van der Waals surface area contributed by atoms with Gasteiger partial charge in [-0.15, -0.1) is 0 Å². The monoisotopic (exact) mass is 762 g/mol. The van der Waals surface area contributed by atoms with E-state index in [1.165, 1.54) is 48.7 Å². The second-order valence-corrected chi connectivity index (χ2v) is 14.2. The molecule has 0 atom stereocenters. The molecule has 0 radical (unpaired) electrons. The highest BCUT2D eigenvalue weighted by atomic mass is 16.6. The maximum atomic E-state index is 12.2. The van der Waals surface area contributed by atoms with Gasteiger partial charge >= 0.3 is 12.2 Å². The van der Waals surface area contributed by atoms with Gasteiger partial charge in [-0.2, -0.15) is 0 Å². The fourth-order valence-corrected chi connectivity index (χ4v) is 4.78. The number of aliphatic hydroxyl groups excluding tert-OH is 1. The Labute approximate surface area is 318 Å². The lowest BCUT2D eigenvalue weighted by Gasteiger charge is -2.24. The van der Waals surface area contributed by atoms with Crippen molar-refractivity contribution in [1.82, 2.24) is 19.9 Å². The highest BCUT2D eigenvalue weighted by Crippen LogP contribution is 2.26. The van der Waals surface area contributed by atoms with Gasteiger partial charge in [-0.1, -0.05) is 24.3 Å². The van der Waals surface area contributed by atoms with E-state index in [1.54, 1.807) is 85.0 Å². The van der Waals surface area contributed by atoms with Crippen LogP contribution in [0.15, 0.2) is 61.2 Å². The van der Waals surface area contributed by atoms with Crippen LogP contribution in [-0.4, -0.2) is 79.5 Å². The van der Waals surface area contributed by atoms with E-state index in [0.29, 0.717) is 51.9 Å². The molecule has 0 spiro atoms. The van der Waals surface area contributed by atoms with Crippen molar-refractivity contribution in [2.45, 2.75) is 78.8 Å². The van der Waals surface area contributed by atoms with Crippen LogP contribution in [0.25, 0.3) is 0 Å². The average Bonchev–Trinajstić information content (AvgIpc) is 3.10. The average molecular weight is 763 g/mol. The summed E-state index contributed by atoms with van der Waals surface area (Å²) in [4.78, 5) is 65.2. The Kier molecular flexibility index (Phi) is 14.8. The van der Waals surface area contributed by atoms with Gasteiger partial charge in [-0.25, -0.2) is 29.5 Å². The number of nitro benzene ring substituents is 2. The Bertz CT molecular complexity index is 2000. The summed E-state index contributed by atoms with van der Waals surface area (Å²) in [7, 11) is 4.60. The van der Waals surface area contributed by atoms with Crippen LogP contribution in [0.2, 0.25) is 0 Å². The molecule has 0 unspecified atom stereocenters. The standard InChI is InChI=1S/C19H24N4O5.C18H22N4O5/c1-19(2,3)28-18(24)22(4)17-10-15(20-12-21-17)9-14-7-6-13(11-27-5)8-16(14)23(25)26;1-18(2,3)27-17(24)21(4)16-9-14(19-11-20-16)8-13-6-5-12(10-23)7-15(13)22(25)26/h6-8,10,12H,9,11H2,1-5H3;5-7,9,11,23H,8,10H2,1-4H3. The first kappa shape index (κ1) is 43.3. The zero-order valence-corrected chi connectivity index (χ0v) is 32.3. The smallest absolute Gasteiger partial charge is 0.415 e. The number of ether oxygens (including phenoxy) is 3. The minimum absolute atomic E-state index is 0.00444. The number of nitro groups is 2. The lowest BCUT2D eigenvalue weighted by Crippen LogP contribution is -2.34. The Morgan fingerprint density at radius 3 is 1.45 bits per heavy atom. The van der Waals surface area contributed by atoms with Crippen LogP contribution in [-0.2, 0) is 40.3 Å². The van der Waals surface area contributed by atoms with Gasteiger partial charge in [0.2, 0.25) is 0 Å². The fourth-order valence-electron chi connectivity index (χ4n) is 4.78. The number of aliphatic hydroxyl groups is 1. The Morgan fingerprint density at radius 1 is 0.691 bits per heavy atom. The Balaban J connectivity index is 0.000000296. The van der Waals surface area contributed by atoms with Crippen molar-refractivity contribution in [3.63, 3.8) is 0 Å². The van der Waals surface area contributed by atoms with Crippen molar-refractivity contribution in [3.8, 4) is 0 Å². The van der Waals surface area contributed by atoms with Crippen LogP contribution in [0.3, 0.4) is 0 Å². The number of aromatic nitrogens is 4. The molecule has 18 nitrogen and oxygen atoms in total. The highest BCUT2D eigenvalue weighted by Gasteiger charge is 2.24. The van der Waals surface area contributed by atoms with E-state index in [0.717, 1.165) is 0 Å². The van der Waals surface area contributed by atoms with Crippen LogP contribution in [0, 0.1) is 20.2 Å². The quantitative estimate of drug-likeness (QED) is 0.130. The van der Waals surface area contributed by atoms with Gasteiger partial charge in [0.25, 0.3) is 11.4 Å². The van der Waals surface area contributed by atoms with Crippen LogP contribution < -0.4 is 9.80 Å². The summed E-state index contributed by atoms with van der Waals surface area (Å²) >= 11 is 0. The number of anilines is 2. The van der Waals surface area contributed by atoms with E-state index in [2.05, 4.69) is 19.9 Å². The Hall–Kier alpha value is -6.14. The summed E-state index contributed by atoms with van der Waals surface area (Å²) in [5, 5.41) is 31.9. The molecule has 55 heavy (non-hydrogen) atoms. The summed E-state index contributed by atoms with van der Waals surface area (Å²) in [5.74, 6) is 0.668. The number of methoxy groups -OCH3 is 1. The van der Waals surface area contributed by atoms with Gasteiger partial charge in [0.15, 0.2) is 0 Å². The van der Waals surface area contributed by atoms with Crippen LogP contribution in [0.4, 0.5) is 32.6 Å². The number of carbonyl (C=O) groups is 2. The van der Waals surface area contributed by atoms with E-state index in [-0.39, 0.29) is 30.8 Å². The fraction of sp³-hybridized carbons (Fsp3) is 0.405. The first-order valence-electron chi connectivity index (χ1n) is 16.9. The third kappa shape index (κ3) is 13.3. The minimum Gasteiger partial charge on any atom is -0.443 e. The largest absolute Gasteiger partial charge is 0.443 e. The molecule has 0 saturated heterocycles. The first-order valence-corrected chi connectivity index (χ1v) is 16.9. The molecule has 294 valence electrons. The van der Waals surface area contributed by atoms with E-state index in [1.807, 2.05) is 0 Å². The van der Waals surface area contributed by atoms with Gasteiger partial charge in [0, 0.05) is 69.4 Å². The van der Waals surface area contributed by atoms with Crippen molar-refractivity contribution in [1.29, 1.82) is 0 Å². The number of rotatable bonds is 11. The molecular formula is C37H46N8O10. The van der Waals surface area contributed by atoms with Gasteiger partial charge in [0.1, 0.15) is 35.5 Å². The predicted octanol–water partition coefficient (Wildman–Crippen LogP) is 6.33. The van der Waals surface area contributed by atoms with Gasteiger partial charge in [0.05, 0.1) is 34.4 Å². The van der Waals surface area contributed by atoms with E-state index < -0.39 is 33.2 Å². The number of nitrogens with zero attached hydrogens (tertiary/aromatic N) is 8. The van der Waals surface area contributed by atoms with Crippen molar-refractivity contribution >= 4 is 35.2 Å². The van der Waals surface area contributed by atoms with Crippen molar-refractivity contribution in [2.75, 3.05) is 31.0 Å². The molecule has 18 heteroatoms. The number of amides is 2. The molecular weight excluding hydrogens is 716 g/mol. The number of carbonyl (C=O) groups excluding carboxylic acids is 2. The van der Waals surface area contributed by atoms with Crippen molar-refractivity contribution in [2.24, 2.45) is 0 Å².